The summed E-state index contributed by atoms with van der Waals surface area (Å²) in [6.07, 6.45) is 2.13. The number of carbonyl (C=O) groups is 1. The number of benzene rings is 2. The first kappa shape index (κ1) is 20.6. The van der Waals surface area contributed by atoms with Crippen molar-refractivity contribution in [3.63, 3.8) is 0 Å². The summed E-state index contributed by atoms with van der Waals surface area (Å²) in [4.78, 5) is 26.2. The average molecular weight is 447 g/mol. The maximum atomic E-state index is 13.3. The van der Waals surface area contributed by atoms with E-state index in [1.165, 1.54) is 23.9 Å². The van der Waals surface area contributed by atoms with Crippen LogP contribution in [0.1, 0.15) is 5.56 Å². The van der Waals surface area contributed by atoms with Crippen LogP contribution in [0.5, 0.6) is 0 Å². The van der Waals surface area contributed by atoms with Crippen LogP contribution in [-0.4, -0.2) is 47.0 Å². The zero-order valence-corrected chi connectivity index (χ0v) is 18.3. The van der Waals surface area contributed by atoms with Crippen molar-refractivity contribution in [3.8, 4) is 0 Å². The van der Waals surface area contributed by atoms with Crippen LogP contribution in [0.25, 0.3) is 10.9 Å². The topological polar surface area (TPSA) is 52.2 Å². The lowest BCUT2D eigenvalue weighted by Gasteiger charge is -2.35. The van der Waals surface area contributed by atoms with Gasteiger partial charge in [0, 0.05) is 53.7 Å². The molecule has 2 aromatic heterocycles. The number of H-pyrrole nitrogens is 1. The number of hydrogen-bond acceptors (Lipinski definition) is 4. The maximum absolute atomic E-state index is 13.3. The van der Waals surface area contributed by atoms with Gasteiger partial charge in [0.05, 0.1) is 11.4 Å². The highest BCUT2D eigenvalue weighted by Gasteiger charge is 2.24. The van der Waals surface area contributed by atoms with E-state index in [1.54, 1.807) is 18.3 Å². The molecule has 5 rings (SSSR count). The number of pyridine rings is 1. The molecule has 1 saturated heterocycles. The Morgan fingerprint density at radius 1 is 0.969 bits per heavy atom. The molecule has 4 aromatic rings. The fraction of sp³-hybridized carbons (Fsp3) is 0.200. The number of nitrogens with zero attached hydrogens (tertiary/aromatic N) is 3. The Hall–Kier alpha value is -3.32. The van der Waals surface area contributed by atoms with E-state index in [-0.39, 0.29) is 11.7 Å². The number of carbonyl (C=O) groups excluding carboxylic acids is 1. The van der Waals surface area contributed by atoms with Gasteiger partial charge in [-0.1, -0.05) is 36.0 Å². The van der Waals surface area contributed by atoms with Crippen LogP contribution in [-0.2, 0) is 11.2 Å². The molecule has 1 amide bonds. The third-order valence-corrected chi connectivity index (χ3v) is 6.80. The van der Waals surface area contributed by atoms with Gasteiger partial charge in [0.25, 0.3) is 0 Å². The Bertz CT molecular complexity index is 1220. The molecule has 0 spiro atoms. The van der Waals surface area contributed by atoms with Crippen LogP contribution in [0.2, 0.25) is 0 Å². The second-order valence-corrected chi connectivity index (χ2v) is 8.85. The first-order chi connectivity index (χ1) is 15.7. The normalized spacial score (nSPS) is 14.2. The Labute approximate surface area is 190 Å². The lowest BCUT2D eigenvalue weighted by molar-refractivity contribution is -0.130. The first-order valence-corrected chi connectivity index (χ1v) is 11.5. The molecule has 0 bridgehead atoms. The maximum Gasteiger partial charge on any atom is 0.227 e. The first-order valence-electron chi connectivity index (χ1n) is 10.6. The lowest BCUT2D eigenvalue weighted by atomic mass is 10.1. The van der Waals surface area contributed by atoms with E-state index in [1.807, 2.05) is 47.4 Å². The lowest BCUT2D eigenvalue weighted by Crippen LogP contribution is -2.49. The third-order valence-electron chi connectivity index (χ3n) is 5.74. The second-order valence-electron chi connectivity index (χ2n) is 7.77. The number of hydrogen-bond donors (Lipinski definition) is 1. The molecule has 1 aliphatic rings. The van der Waals surface area contributed by atoms with Gasteiger partial charge in [-0.25, -0.2) is 9.37 Å². The molecular weight excluding hydrogens is 423 g/mol. The van der Waals surface area contributed by atoms with E-state index in [2.05, 4.69) is 14.9 Å². The fourth-order valence-corrected chi connectivity index (χ4v) is 5.02. The number of aromatic nitrogens is 2. The van der Waals surface area contributed by atoms with Gasteiger partial charge in [0.2, 0.25) is 5.91 Å². The highest BCUT2D eigenvalue weighted by molar-refractivity contribution is 7.99. The molecule has 5 nitrogen and oxygen atoms in total. The molecule has 162 valence electrons. The van der Waals surface area contributed by atoms with Gasteiger partial charge in [0.15, 0.2) is 0 Å². The molecule has 0 aliphatic carbocycles. The second kappa shape index (κ2) is 9.04. The van der Waals surface area contributed by atoms with E-state index in [9.17, 15) is 9.18 Å². The Morgan fingerprint density at radius 2 is 1.72 bits per heavy atom. The van der Waals surface area contributed by atoms with Crippen molar-refractivity contribution < 1.29 is 9.18 Å². The predicted molar refractivity (Wildman–Crippen MR) is 126 cm³/mol. The number of nitrogens with one attached hydrogen (secondary N) is 1. The van der Waals surface area contributed by atoms with Crippen molar-refractivity contribution in [2.75, 3.05) is 31.1 Å². The quantitative estimate of drug-likeness (QED) is 0.481. The molecule has 0 radical (unpaired) electrons. The number of aromatic amines is 1. The monoisotopic (exact) mass is 446 g/mol. The van der Waals surface area contributed by atoms with Crippen molar-refractivity contribution in [2.24, 2.45) is 0 Å². The van der Waals surface area contributed by atoms with Gasteiger partial charge >= 0.3 is 0 Å². The van der Waals surface area contributed by atoms with E-state index in [4.69, 9.17) is 0 Å². The van der Waals surface area contributed by atoms with Gasteiger partial charge in [-0.05, 0) is 42.5 Å². The highest BCUT2D eigenvalue weighted by atomic mass is 32.2. The Kier molecular flexibility index (Phi) is 5.81. The largest absolute Gasteiger partial charge is 0.353 e. The number of anilines is 1. The summed E-state index contributed by atoms with van der Waals surface area (Å²) in [5.41, 5.74) is 1.99. The molecule has 7 heteroatoms. The molecule has 0 unspecified atom stereocenters. The summed E-state index contributed by atoms with van der Waals surface area (Å²) in [5, 5.41) is 1.98. The van der Waals surface area contributed by atoms with Crippen LogP contribution < -0.4 is 4.90 Å². The molecule has 0 saturated carbocycles. The van der Waals surface area contributed by atoms with Crippen molar-refractivity contribution >= 4 is 34.4 Å². The van der Waals surface area contributed by atoms with Crippen LogP contribution in [0.3, 0.4) is 0 Å². The molecule has 3 heterocycles. The summed E-state index contributed by atoms with van der Waals surface area (Å²) in [6, 6.07) is 20.4. The van der Waals surface area contributed by atoms with Crippen molar-refractivity contribution in [1.82, 2.24) is 14.9 Å². The van der Waals surface area contributed by atoms with Crippen molar-refractivity contribution in [2.45, 2.75) is 16.3 Å². The van der Waals surface area contributed by atoms with Gasteiger partial charge in [-0.3, -0.25) is 4.79 Å². The van der Waals surface area contributed by atoms with Crippen molar-refractivity contribution in [1.29, 1.82) is 0 Å². The van der Waals surface area contributed by atoms with Gasteiger partial charge < -0.3 is 14.8 Å². The summed E-state index contributed by atoms with van der Waals surface area (Å²) in [5.74, 6) is 0.817. The number of amides is 1. The van der Waals surface area contributed by atoms with Crippen molar-refractivity contribution in [3.05, 3.63) is 84.3 Å². The fourth-order valence-electron chi connectivity index (χ4n) is 4.05. The van der Waals surface area contributed by atoms with Crippen LogP contribution in [0, 0.1) is 5.82 Å². The standard InChI is InChI=1S/C25H23FN4OS/c26-18-8-10-19(11-9-18)32-25-21(20-5-1-2-6-22(20)28-25)17-24(31)30-15-13-29(14-16-30)23-7-3-4-12-27-23/h1-12,28H,13-17H2. The van der Waals surface area contributed by atoms with E-state index >= 15 is 0 Å². The third kappa shape index (κ3) is 4.34. The minimum atomic E-state index is -0.258. The number of halogens is 1. The molecule has 32 heavy (non-hydrogen) atoms. The summed E-state index contributed by atoms with van der Waals surface area (Å²) >= 11 is 1.53. The van der Waals surface area contributed by atoms with Crippen LogP contribution in [0.15, 0.2) is 82.8 Å². The number of fused-ring (bicyclic) bond motifs is 1. The van der Waals surface area contributed by atoms with E-state index < -0.39 is 0 Å². The highest BCUT2D eigenvalue weighted by Crippen LogP contribution is 2.35. The predicted octanol–water partition coefficient (Wildman–Crippen LogP) is 4.74. The molecule has 2 aromatic carbocycles. The Balaban J connectivity index is 1.33. The molecule has 1 fully saturated rings. The van der Waals surface area contributed by atoms with Crippen LogP contribution in [0.4, 0.5) is 10.2 Å². The summed E-state index contributed by atoms with van der Waals surface area (Å²) in [6.45, 7) is 2.90. The molecule has 1 aliphatic heterocycles. The van der Waals surface area contributed by atoms with Gasteiger partial charge in [-0.2, -0.15) is 0 Å². The minimum absolute atomic E-state index is 0.122. The van der Waals surface area contributed by atoms with Crippen LogP contribution >= 0.6 is 11.8 Å². The Morgan fingerprint density at radius 3 is 2.47 bits per heavy atom. The number of piperazine rings is 1. The molecular formula is C25H23FN4OS. The number of rotatable bonds is 5. The minimum Gasteiger partial charge on any atom is -0.353 e. The SMILES string of the molecule is O=C(Cc1c(Sc2ccc(F)cc2)[nH]c2ccccc12)N1CCN(c2ccccn2)CC1. The summed E-state index contributed by atoms with van der Waals surface area (Å²) in [7, 11) is 0. The van der Waals surface area contributed by atoms with E-state index in [0.29, 0.717) is 19.5 Å². The average Bonchev–Trinajstić information content (AvgIpc) is 3.18. The number of para-hydroxylation sites is 1. The molecule has 0 atom stereocenters. The van der Waals surface area contributed by atoms with E-state index in [0.717, 1.165) is 45.3 Å². The molecule has 1 N–H and O–H groups in total. The zero-order valence-electron chi connectivity index (χ0n) is 17.5. The smallest absolute Gasteiger partial charge is 0.227 e. The van der Waals surface area contributed by atoms with Gasteiger partial charge in [-0.15, -0.1) is 0 Å². The zero-order chi connectivity index (χ0) is 21.9. The van der Waals surface area contributed by atoms with Gasteiger partial charge in [0.1, 0.15) is 11.6 Å². The summed E-state index contributed by atoms with van der Waals surface area (Å²) < 4.78 is 13.3.